The third-order valence-corrected chi connectivity index (χ3v) is 6.90. The number of aromatic nitrogens is 3. The fourth-order valence-corrected chi connectivity index (χ4v) is 5.26. The summed E-state index contributed by atoms with van der Waals surface area (Å²) in [5.41, 5.74) is 6.03. The molecule has 1 aliphatic carbocycles. The van der Waals surface area contributed by atoms with Gasteiger partial charge in [-0.2, -0.15) is 5.10 Å². The summed E-state index contributed by atoms with van der Waals surface area (Å²) in [6, 6.07) is 8.19. The fraction of sp³-hybridized carbons (Fsp3) is 0.435. The minimum Gasteiger partial charge on any atom is -0.297 e. The van der Waals surface area contributed by atoms with Gasteiger partial charge in [-0.1, -0.05) is 24.6 Å². The maximum absolute atomic E-state index is 13.1. The minimum atomic E-state index is -0.153. The monoisotopic (exact) mass is 421 g/mol. The van der Waals surface area contributed by atoms with Crippen LogP contribution in [-0.2, 0) is 19.4 Å². The van der Waals surface area contributed by atoms with Gasteiger partial charge in [0.05, 0.1) is 11.4 Å². The SMILES string of the molecule is Cc1ccccc1-n1nc(C(=O)Nc2nc(CN3CCCCC3)cs2)c2c1CCC2. The predicted octanol–water partition coefficient (Wildman–Crippen LogP) is 4.36. The molecule has 30 heavy (non-hydrogen) atoms. The van der Waals surface area contributed by atoms with Crippen molar-refractivity contribution in [3.05, 3.63) is 57.9 Å². The Morgan fingerprint density at radius 2 is 1.97 bits per heavy atom. The third-order valence-electron chi connectivity index (χ3n) is 6.10. The van der Waals surface area contributed by atoms with Gasteiger partial charge in [-0.15, -0.1) is 11.3 Å². The van der Waals surface area contributed by atoms with Gasteiger partial charge >= 0.3 is 0 Å². The number of fused-ring (bicyclic) bond motifs is 1. The average Bonchev–Trinajstić information content (AvgIpc) is 3.46. The molecule has 6 nitrogen and oxygen atoms in total. The van der Waals surface area contributed by atoms with Crippen molar-refractivity contribution in [1.29, 1.82) is 0 Å². The first-order valence-corrected chi connectivity index (χ1v) is 11.7. The number of carbonyl (C=O) groups is 1. The van der Waals surface area contributed by atoms with E-state index in [-0.39, 0.29) is 5.91 Å². The van der Waals surface area contributed by atoms with Crippen LogP contribution in [-0.4, -0.2) is 38.7 Å². The molecule has 1 aliphatic heterocycles. The molecule has 2 aliphatic rings. The van der Waals surface area contributed by atoms with E-state index in [0.29, 0.717) is 10.8 Å². The zero-order valence-electron chi connectivity index (χ0n) is 17.4. The molecule has 0 bridgehead atoms. The molecule has 1 aromatic carbocycles. The second-order valence-corrected chi connectivity index (χ2v) is 9.12. The smallest absolute Gasteiger partial charge is 0.278 e. The lowest BCUT2D eigenvalue weighted by atomic mass is 10.1. The van der Waals surface area contributed by atoms with E-state index in [1.807, 2.05) is 16.8 Å². The van der Waals surface area contributed by atoms with Gasteiger partial charge in [0, 0.05) is 23.2 Å². The number of para-hydroxylation sites is 1. The Hall–Kier alpha value is -2.51. The predicted molar refractivity (Wildman–Crippen MR) is 120 cm³/mol. The fourth-order valence-electron chi connectivity index (χ4n) is 4.56. The highest BCUT2D eigenvalue weighted by atomic mass is 32.1. The van der Waals surface area contributed by atoms with Gasteiger partial charge in [-0.25, -0.2) is 9.67 Å². The highest BCUT2D eigenvalue weighted by Gasteiger charge is 2.27. The zero-order valence-corrected chi connectivity index (χ0v) is 18.2. The van der Waals surface area contributed by atoms with Crippen LogP contribution in [0.25, 0.3) is 5.69 Å². The number of benzene rings is 1. The molecule has 0 spiro atoms. The first kappa shape index (κ1) is 19.5. The Labute approximate surface area is 180 Å². The molecule has 1 N–H and O–H groups in total. The van der Waals surface area contributed by atoms with E-state index >= 15 is 0 Å². The maximum atomic E-state index is 13.1. The molecule has 3 heterocycles. The maximum Gasteiger partial charge on any atom is 0.278 e. The van der Waals surface area contributed by atoms with Crippen molar-refractivity contribution in [1.82, 2.24) is 19.7 Å². The van der Waals surface area contributed by atoms with Gasteiger partial charge in [-0.05, 0) is 63.7 Å². The largest absolute Gasteiger partial charge is 0.297 e. The van der Waals surface area contributed by atoms with Crippen molar-refractivity contribution in [2.45, 2.75) is 52.0 Å². The molecule has 3 aromatic rings. The van der Waals surface area contributed by atoms with Crippen molar-refractivity contribution in [2.75, 3.05) is 18.4 Å². The molecular formula is C23H27N5OS. The quantitative estimate of drug-likeness (QED) is 0.665. The van der Waals surface area contributed by atoms with Gasteiger partial charge < -0.3 is 0 Å². The summed E-state index contributed by atoms with van der Waals surface area (Å²) < 4.78 is 1.97. The second kappa shape index (κ2) is 8.32. The van der Waals surface area contributed by atoms with E-state index in [1.165, 1.54) is 36.3 Å². The van der Waals surface area contributed by atoms with E-state index < -0.39 is 0 Å². The summed E-state index contributed by atoms with van der Waals surface area (Å²) in [6.07, 6.45) is 6.79. The van der Waals surface area contributed by atoms with Crippen LogP contribution in [0.5, 0.6) is 0 Å². The number of piperidine rings is 1. The van der Waals surface area contributed by atoms with Crippen molar-refractivity contribution in [3.8, 4) is 5.69 Å². The molecule has 7 heteroatoms. The van der Waals surface area contributed by atoms with E-state index in [2.05, 4.69) is 39.6 Å². The summed E-state index contributed by atoms with van der Waals surface area (Å²) in [7, 11) is 0. The normalized spacial score (nSPS) is 16.6. The number of rotatable bonds is 5. The number of anilines is 1. The highest BCUT2D eigenvalue weighted by molar-refractivity contribution is 7.13. The Kier molecular flexibility index (Phi) is 5.39. The Bertz CT molecular complexity index is 1060. The van der Waals surface area contributed by atoms with Crippen LogP contribution in [0.3, 0.4) is 0 Å². The molecule has 5 rings (SSSR count). The lowest BCUT2D eigenvalue weighted by Gasteiger charge is -2.25. The topological polar surface area (TPSA) is 63.1 Å². The number of hydrogen-bond acceptors (Lipinski definition) is 5. The summed E-state index contributed by atoms with van der Waals surface area (Å²) in [5, 5.41) is 10.4. The van der Waals surface area contributed by atoms with Gasteiger partial charge in [0.15, 0.2) is 10.8 Å². The zero-order chi connectivity index (χ0) is 20.5. The van der Waals surface area contributed by atoms with Crippen molar-refractivity contribution < 1.29 is 4.79 Å². The molecular weight excluding hydrogens is 394 g/mol. The highest BCUT2D eigenvalue weighted by Crippen LogP contribution is 2.29. The minimum absolute atomic E-state index is 0.153. The molecule has 1 fully saturated rings. The van der Waals surface area contributed by atoms with Crippen molar-refractivity contribution >= 4 is 22.4 Å². The summed E-state index contributed by atoms with van der Waals surface area (Å²) in [5.74, 6) is -0.153. The molecule has 156 valence electrons. The van der Waals surface area contributed by atoms with Crippen LogP contribution in [0, 0.1) is 6.92 Å². The number of likely N-dealkylation sites (tertiary alicyclic amines) is 1. The first-order valence-electron chi connectivity index (χ1n) is 10.8. The summed E-state index contributed by atoms with van der Waals surface area (Å²) >= 11 is 1.50. The molecule has 0 saturated carbocycles. The van der Waals surface area contributed by atoms with Gasteiger partial charge in [0.1, 0.15) is 0 Å². The molecule has 1 amide bonds. The molecule has 0 atom stereocenters. The molecule has 1 saturated heterocycles. The van der Waals surface area contributed by atoms with Crippen LogP contribution in [0.4, 0.5) is 5.13 Å². The summed E-state index contributed by atoms with van der Waals surface area (Å²) in [6.45, 7) is 5.23. The number of aryl methyl sites for hydroxylation is 1. The number of amides is 1. The third kappa shape index (κ3) is 3.79. The lowest BCUT2D eigenvalue weighted by Crippen LogP contribution is -2.29. The Morgan fingerprint density at radius 1 is 1.13 bits per heavy atom. The van der Waals surface area contributed by atoms with E-state index in [9.17, 15) is 4.79 Å². The van der Waals surface area contributed by atoms with Crippen LogP contribution in [0.15, 0.2) is 29.6 Å². The number of carbonyl (C=O) groups excluding carboxylic acids is 1. The second-order valence-electron chi connectivity index (χ2n) is 8.26. The Balaban J connectivity index is 1.35. The number of nitrogens with one attached hydrogen (secondary N) is 1. The number of hydrogen-bond donors (Lipinski definition) is 1. The van der Waals surface area contributed by atoms with Crippen LogP contribution in [0.2, 0.25) is 0 Å². The lowest BCUT2D eigenvalue weighted by molar-refractivity contribution is 0.102. The summed E-state index contributed by atoms with van der Waals surface area (Å²) in [4.78, 5) is 20.2. The van der Waals surface area contributed by atoms with Crippen LogP contribution < -0.4 is 5.32 Å². The molecule has 0 radical (unpaired) electrons. The van der Waals surface area contributed by atoms with Crippen molar-refractivity contribution in [2.24, 2.45) is 0 Å². The van der Waals surface area contributed by atoms with E-state index in [1.54, 1.807) is 0 Å². The molecule has 0 unspecified atom stereocenters. The van der Waals surface area contributed by atoms with Crippen LogP contribution >= 0.6 is 11.3 Å². The van der Waals surface area contributed by atoms with Gasteiger partial charge in [0.2, 0.25) is 0 Å². The standard InChI is InChI=1S/C23H27N5OS/c1-16-8-3-4-10-19(16)28-20-11-7-9-18(20)21(26-28)22(29)25-23-24-17(15-30-23)14-27-12-5-2-6-13-27/h3-4,8,10,15H,2,5-7,9,11-14H2,1H3,(H,24,25,29). The first-order chi connectivity index (χ1) is 14.7. The van der Waals surface area contributed by atoms with Gasteiger partial charge in [0.25, 0.3) is 5.91 Å². The van der Waals surface area contributed by atoms with Crippen LogP contribution in [0.1, 0.15) is 58.7 Å². The number of thiazole rings is 1. The number of nitrogens with zero attached hydrogens (tertiary/aromatic N) is 4. The van der Waals surface area contributed by atoms with Crippen molar-refractivity contribution in [3.63, 3.8) is 0 Å². The van der Waals surface area contributed by atoms with Gasteiger partial charge in [-0.3, -0.25) is 15.0 Å². The van der Waals surface area contributed by atoms with E-state index in [4.69, 9.17) is 5.10 Å². The average molecular weight is 422 g/mol. The Morgan fingerprint density at radius 3 is 2.80 bits per heavy atom. The van der Waals surface area contributed by atoms with E-state index in [0.717, 1.165) is 61.4 Å². The molecule has 2 aromatic heterocycles.